The lowest BCUT2D eigenvalue weighted by Crippen LogP contribution is -2.43. The maximum Gasteiger partial charge on any atom is 0.253 e. The van der Waals surface area contributed by atoms with Crippen LogP contribution in [0.15, 0.2) is 49.3 Å². The van der Waals surface area contributed by atoms with Gasteiger partial charge in [-0.25, -0.2) is 9.67 Å². The molecule has 2 aromatic heterocycles. The normalized spacial score (nSPS) is 16.2. The number of carbonyl (C=O) groups excluding carboxylic acids is 2. The molecule has 0 saturated carbocycles. The van der Waals surface area contributed by atoms with Crippen LogP contribution >= 0.6 is 11.6 Å². The van der Waals surface area contributed by atoms with Crippen LogP contribution in [0.5, 0.6) is 0 Å². The highest BCUT2D eigenvalue weighted by Crippen LogP contribution is 2.21. The van der Waals surface area contributed by atoms with E-state index in [0.717, 1.165) is 24.1 Å². The molecule has 8 nitrogen and oxygen atoms in total. The number of nitrogens with one attached hydrogen (secondary N) is 1. The number of amides is 2. The van der Waals surface area contributed by atoms with Gasteiger partial charge >= 0.3 is 0 Å². The third kappa shape index (κ3) is 4.74. The molecule has 1 N–H and O–H groups in total. The van der Waals surface area contributed by atoms with Gasteiger partial charge in [-0.1, -0.05) is 11.6 Å². The zero-order chi connectivity index (χ0) is 21.8. The fourth-order valence-corrected chi connectivity index (χ4v) is 4.07. The minimum absolute atomic E-state index is 0.00134. The van der Waals surface area contributed by atoms with Crippen molar-refractivity contribution < 1.29 is 9.59 Å². The van der Waals surface area contributed by atoms with Crippen LogP contribution in [0.25, 0.3) is 5.69 Å². The molecule has 1 aromatic carbocycles. The molecule has 3 aromatic rings. The van der Waals surface area contributed by atoms with Crippen molar-refractivity contribution in [3.8, 4) is 5.69 Å². The molecule has 9 heteroatoms. The number of hydrogen-bond donors (Lipinski definition) is 1. The number of carbonyl (C=O) groups is 2. The Bertz CT molecular complexity index is 1090. The second-order valence-electron chi connectivity index (χ2n) is 7.67. The van der Waals surface area contributed by atoms with Gasteiger partial charge in [0.15, 0.2) is 0 Å². The summed E-state index contributed by atoms with van der Waals surface area (Å²) in [5, 5.41) is 7.41. The van der Waals surface area contributed by atoms with Crippen LogP contribution in [0.2, 0.25) is 5.02 Å². The van der Waals surface area contributed by atoms with Gasteiger partial charge in [0, 0.05) is 37.6 Å². The number of pyridine rings is 1. The number of rotatable bonds is 5. The van der Waals surface area contributed by atoms with E-state index in [1.165, 1.54) is 18.7 Å². The topological polar surface area (TPSA) is 93.0 Å². The van der Waals surface area contributed by atoms with Crippen molar-refractivity contribution in [3.63, 3.8) is 0 Å². The van der Waals surface area contributed by atoms with Crippen molar-refractivity contribution in [1.82, 2.24) is 30.0 Å². The number of benzene rings is 1. The van der Waals surface area contributed by atoms with E-state index in [4.69, 9.17) is 11.6 Å². The van der Waals surface area contributed by atoms with E-state index in [1.54, 1.807) is 17.1 Å². The molecule has 160 valence electrons. The molecule has 0 unspecified atom stereocenters. The van der Waals surface area contributed by atoms with Crippen LogP contribution in [0, 0.1) is 12.8 Å². The van der Waals surface area contributed by atoms with E-state index in [2.05, 4.69) is 20.4 Å². The fourth-order valence-electron chi connectivity index (χ4n) is 3.87. The van der Waals surface area contributed by atoms with Crippen LogP contribution in [-0.4, -0.2) is 56.1 Å². The van der Waals surface area contributed by atoms with Gasteiger partial charge in [-0.3, -0.25) is 14.6 Å². The van der Waals surface area contributed by atoms with E-state index in [0.29, 0.717) is 35.8 Å². The largest absolute Gasteiger partial charge is 0.352 e. The summed E-state index contributed by atoms with van der Waals surface area (Å²) in [6.07, 6.45) is 7.96. The molecule has 0 spiro atoms. The summed E-state index contributed by atoms with van der Waals surface area (Å²) in [7, 11) is 0. The average molecular weight is 439 g/mol. The SMILES string of the molecule is Cc1cc(C(=O)N2CCC[C@H](CNC(=O)c3ccncc3Cl)C2)ccc1-n1cncn1. The highest BCUT2D eigenvalue weighted by Gasteiger charge is 2.25. The Labute approximate surface area is 185 Å². The maximum absolute atomic E-state index is 13.1. The van der Waals surface area contributed by atoms with Crippen molar-refractivity contribution >= 4 is 23.4 Å². The second-order valence-corrected chi connectivity index (χ2v) is 8.07. The molecule has 0 radical (unpaired) electrons. The minimum atomic E-state index is -0.227. The molecule has 0 aliphatic carbocycles. The second kappa shape index (κ2) is 9.26. The summed E-state index contributed by atoms with van der Waals surface area (Å²) >= 11 is 6.04. The number of hydrogen-bond acceptors (Lipinski definition) is 5. The lowest BCUT2D eigenvalue weighted by molar-refractivity contribution is 0.0671. The third-order valence-corrected chi connectivity index (χ3v) is 5.79. The highest BCUT2D eigenvalue weighted by molar-refractivity contribution is 6.33. The predicted octanol–water partition coefficient (Wildman–Crippen LogP) is 2.91. The molecule has 0 bridgehead atoms. The zero-order valence-corrected chi connectivity index (χ0v) is 17.9. The molecule has 2 amide bonds. The monoisotopic (exact) mass is 438 g/mol. The van der Waals surface area contributed by atoms with Gasteiger partial charge in [-0.05, 0) is 55.5 Å². The fraction of sp³-hybridized carbons (Fsp3) is 0.318. The van der Waals surface area contributed by atoms with Crippen LogP contribution in [-0.2, 0) is 0 Å². The Morgan fingerprint density at radius 3 is 2.87 bits per heavy atom. The molecule has 1 atom stereocenters. The van der Waals surface area contributed by atoms with Gasteiger partial charge in [-0.15, -0.1) is 0 Å². The van der Waals surface area contributed by atoms with Gasteiger partial charge in [-0.2, -0.15) is 5.10 Å². The van der Waals surface area contributed by atoms with E-state index in [1.807, 2.05) is 30.0 Å². The first kappa shape index (κ1) is 21.0. The van der Waals surface area contributed by atoms with Gasteiger partial charge in [0.2, 0.25) is 0 Å². The molecule has 3 heterocycles. The van der Waals surface area contributed by atoms with E-state index < -0.39 is 0 Å². The van der Waals surface area contributed by atoms with Crippen molar-refractivity contribution in [2.24, 2.45) is 5.92 Å². The number of likely N-dealkylation sites (tertiary alicyclic amines) is 1. The van der Waals surface area contributed by atoms with E-state index >= 15 is 0 Å². The Kier molecular flexibility index (Phi) is 6.27. The van der Waals surface area contributed by atoms with Crippen molar-refractivity contribution in [2.45, 2.75) is 19.8 Å². The number of aromatic nitrogens is 4. The standard InChI is InChI=1S/C22H23ClN6O2/c1-15-9-17(4-5-20(15)29-14-25-13-27-29)22(31)28-8-2-3-16(12-28)10-26-21(30)18-6-7-24-11-19(18)23/h4-7,9,11,13-14,16H,2-3,8,10,12H2,1H3,(H,26,30)/t16-/m1/s1. The van der Waals surface area contributed by atoms with Crippen molar-refractivity contribution in [2.75, 3.05) is 19.6 Å². The first-order valence-corrected chi connectivity index (χ1v) is 10.5. The molecule has 1 saturated heterocycles. The predicted molar refractivity (Wildman–Crippen MR) is 116 cm³/mol. The van der Waals surface area contributed by atoms with Gasteiger partial charge in [0.25, 0.3) is 11.8 Å². The number of nitrogens with zero attached hydrogens (tertiary/aromatic N) is 5. The molecule has 1 fully saturated rings. The van der Waals surface area contributed by atoms with Crippen LogP contribution in [0.4, 0.5) is 0 Å². The van der Waals surface area contributed by atoms with Crippen molar-refractivity contribution in [3.05, 3.63) is 71.0 Å². The summed E-state index contributed by atoms with van der Waals surface area (Å²) in [5.74, 6) is -0.0330. The van der Waals surface area contributed by atoms with Crippen LogP contribution in [0.3, 0.4) is 0 Å². The van der Waals surface area contributed by atoms with Gasteiger partial charge in [0.1, 0.15) is 12.7 Å². The molecule has 4 rings (SSSR count). The lowest BCUT2D eigenvalue weighted by atomic mass is 9.97. The number of halogens is 1. The Morgan fingerprint density at radius 2 is 2.13 bits per heavy atom. The summed E-state index contributed by atoms with van der Waals surface area (Å²) in [4.78, 5) is 35.2. The molecular formula is C22H23ClN6O2. The summed E-state index contributed by atoms with van der Waals surface area (Å²) in [6.45, 7) is 3.76. The van der Waals surface area contributed by atoms with Gasteiger partial charge < -0.3 is 10.2 Å². The number of piperidine rings is 1. The van der Waals surface area contributed by atoms with E-state index in [9.17, 15) is 9.59 Å². The third-order valence-electron chi connectivity index (χ3n) is 5.48. The summed E-state index contributed by atoms with van der Waals surface area (Å²) in [6, 6.07) is 7.19. The zero-order valence-electron chi connectivity index (χ0n) is 17.2. The quantitative estimate of drug-likeness (QED) is 0.661. The molecular weight excluding hydrogens is 416 g/mol. The maximum atomic E-state index is 13.1. The smallest absolute Gasteiger partial charge is 0.253 e. The van der Waals surface area contributed by atoms with E-state index in [-0.39, 0.29) is 17.7 Å². The first-order valence-electron chi connectivity index (χ1n) is 10.2. The Hall–Kier alpha value is -3.26. The average Bonchev–Trinajstić information content (AvgIpc) is 3.32. The molecule has 31 heavy (non-hydrogen) atoms. The number of aryl methyl sites for hydroxylation is 1. The van der Waals surface area contributed by atoms with Crippen LogP contribution in [0.1, 0.15) is 39.1 Å². The molecule has 1 aliphatic heterocycles. The van der Waals surface area contributed by atoms with Crippen molar-refractivity contribution in [1.29, 1.82) is 0 Å². The van der Waals surface area contributed by atoms with Gasteiger partial charge in [0.05, 0.1) is 16.3 Å². The summed E-state index contributed by atoms with van der Waals surface area (Å²) in [5.41, 5.74) is 2.90. The minimum Gasteiger partial charge on any atom is -0.352 e. The Morgan fingerprint density at radius 1 is 1.26 bits per heavy atom. The Balaban J connectivity index is 1.38. The highest BCUT2D eigenvalue weighted by atomic mass is 35.5. The first-order chi connectivity index (χ1) is 15.0. The molecule has 1 aliphatic rings. The lowest BCUT2D eigenvalue weighted by Gasteiger charge is -2.33. The summed E-state index contributed by atoms with van der Waals surface area (Å²) < 4.78 is 1.68. The van der Waals surface area contributed by atoms with Crippen LogP contribution < -0.4 is 5.32 Å².